The lowest BCUT2D eigenvalue weighted by atomic mass is 10.0. The second-order valence-electron chi connectivity index (χ2n) is 4.92. The van der Waals surface area contributed by atoms with Crippen LogP contribution in [0.5, 0.6) is 5.75 Å². The van der Waals surface area contributed by atoms with Gasteiger partial charge in [-0.15, -0.1) is 0 Å². The number of carbonyl (C=O) groups excluding carboxylic acids is 1. The number of nitrogens with one attached hydrogen (secondary N) is 1. The number of rotatable bonds is 6. The van der Waals surface area contributed by atoms with Crippen LogP contribution in [0.2, 0.25) is 5.02 Å². The molecule has 0 unspecified atom stereocenters. The van der Waals surface area contributed by atoms with Crippen LogP contribution in [0.25, 0.3) is 0 Å². The van der Waals surface area contributed by atoms with Gasteiger partial charge in [0.15, 0.2) is 5.75 Å². The number of amides is 1. The first-order valence-corrected chi connectivity index (χ1v) is 7.70. The van der Waals surface area contributed by atoms with E-state index in [1.165, 1.54) is 0 Å². The summed E-state index contributed by atoms with van der Waals surface area (Å²) in [5, 5.41) is 3.29. The number of anilines is 1. The van der Waals surface area contributed by atoms with Gasteiger partial charge in [-0.1, -0.05) is 25.4 Å². The van der Waals surface area contributed by atoms with Crippen LogP contribution < -0.4 is 15.8 Å². The van der Waals surface area contributed by atoms with Gasteiger partial charge in [0.25, 0.3) is 0 Å². The summed E-state index contributed by atoms with van der Waals surface area (Å²) >= 11 is 9.38. The first-order chi connectivity index (χ1) is 9.35. The number of benzene rings is 1. The molecule has 1 aromatic rings. The number of halogens is 2. The van der Waals surface area contributed by atoms with Crippen LogP contribution in [-0.4, -0.2) is 18.6 Å². The topological polar surface area (TPSA) is 64.3 Å². The van der Waals surface area contributed by atoms with Crippen molar-refractivity contribution >= 4 is 39.1 Å². The Morgan fingerprint density at radius 3 is 2.70 bits per heavy atom. The fraction of sp³-hybridized carbons (Fsp3) is 0.500. The Bertz CT molecular complexity index is 480. The summed E-state index contributed by atoms with van der Waals surface area (Å²) in [5.41, 5.74) is 6.39. The van der Waals surface area contributed by atoms with Crippen molar-refractivity contribution in [2.45, 2.75) is 33.2 Å². The Labute approximate surface area is 133 Å². The number of hydrogen-bond acceptors (Lipinski definition) is 3. The Morgan fingerprint density at radius 1 is 1.50 bits per heavy atom. The quantitative estimate of drug-likeness (QED) is 0.807. The van der Waals surface area contributed by atoms with E-state index in [1.807, 2.05) is 20.8 Å². The van der Waals surface area contributed by atoms with Gasteiger partial charge in [0.05, 0.1) is 22.8 Å². The van der Waals surface area contributed by atoms with Crippen LogP contribution in [0.4, 0.5) is 5.69 Å². The normalized spacial score (nSPS) is 12.3. The lowest BCUT2D eigenvalue weighted by molar-refractivity contribution is -0.117. The summed E-state index contributed by atoms with van der Waals surface area (Å²) in [5.74, 6) is 0.670. The van der Waals surface area contributed by atoms with E-state index in [1.54, 1.807) is 12.1 Å². The second-order valence-corrected chi connectivity index (χ2v) is 6.21. The summed E-state index contributed by atoms with van der Waals surface area (Å²) in [6.45, 7) is 6.40. The highest BCUT2D eigenvalue weighted by molar-refractivity contribution is 9.10. The molecule has 0 aromatic heterocycles. The van der Waals surface area contributed by atoms with E-state index in [0.717, 1.165) is 0 Å². The van der Waals surface area contributed by atoms with Crippen molar-refractivity contribution in [1.82, 2.24) is 0 Å². The van der Waals surface area contributed by atoms with Crippen LogP contribution in [0.3, 0.4) is 0 Å². The second kappa shape index (κ2) is 7.86. The van der Waals surface area contributed by atoms with Gasteiger partial charge in [-0.3, -0.25) is 4.79 Å². The molecule has 4 nitrogen and oxygen atoms in total. The van der Waals surface area contributed by atoms with E-state index in [-0.39, 0.29) is 5.91 Å². The third-order valence-corrected chi connectivity index (χ3v) is 3.42. The molecule has 20 heavy (non-hydrogen) atoms. The molecule has 0 bridgehead atoms. The Morgan fingerprint density at radius 2 is 2.15 bits per heavy atom. The van der Waals surface area contributed by atoms with Crippen molar-refractivity contribution in [2.24, 2.45) is 11.7 Å². The maximum Gasteiger partial charge on any atom is 0.241 e. The fourth-order valence-electron chi connectivity index (χ4n) is 1.78. The Balaban J connectivity index is 2.93. The van der Waals surface area contributed by atoms with Gasteiger partial charge in [0.2, 0.25) is 5.91 Å². The summed E-state index contributed by atoms with van der Waals surface area (Å²) < 4.78 is 6.22. The van der Waals surface area contributed by atoms with Crippen molar-refractivity contribution in [3.05, 3.63) is 21.6 Å². The predicted molar refractivity (Wildman–Crippen MR) is 86.4 cm³/mol. The first-order valence-electron chi connectivity index (χ1n) is 6.53. The minimum Gasteiger partial charge on any atom is -0.491 e. The van der Waals surface area contributed by atoms with Crippen molar-refractivity contribution in [2.75, 3.05) is 11.9 Å². The average Bonchev–Trinajstić information content (AvgIpc) is 2.32. The maximum atomic E-state index is 12.1. The molecule has 1 aromatic carbocycles. The number of ether oxygens (including phenoxy) is 1. The summed E-state index contributed by atoms with van der Waals surface area (Å²) in [4.78, 5) is 12.1. The van der Waals surface area contributed by atoms with Crippen molar-refractivity contribution < 1.29 is 9.53 Å². The number of nitrogens with two attached hydrogens (primary N) is 1. The zero-order valence-electron chi connectivity index (χ0n) is 11.9. The van der Waals surface area contributed by atoms with Gasteiger partial charge in [-0.25, -0.2) is 0 Å². The standard InChI is InChI=1S/C14H20BrClN2O2/c1-4-20-13-10(15)6-9(16)7-12(13)18-14(19)11(17)5-8(2)3/h6-8,11H,4-5,17H2,1-3H3,(H,18,19)/t11-/m0/s1. The molecule has 0 aliphatic rings. The molecule has 6 heteroatoms. The van der Waals surface area contributed by atoms with E-state index < -0.39 is 6.04 Å². The smallest absolute Gasteiger partial charge is 0.241 e. The van der Waals surface area contributed by atoms with Crippen molar-refractivity contribution in [3.8, 4) is 5.75 Å². The van der Waals surface area contributed by atoms with E-state index in [0.29, 0.717) is 39.9 Å². The van der Waals surface area contributed by atoms with Gasteiger partial charge >= 0.3 is 0 Å². The average molecular weight is 364 g/mol. The third-order valence-electron chi connectivity index (χ3n) is 2.62. The lowest BCUT2D eigenvalue weighted by Crippen LogP contribution is -2.36. The van der Waals surface area contributed by atoms with E-state index in [4.69, 9.17) is 22.1 Å². The Kier molecular flexibility index (Phi) is 6.79. The molecular formula is C14H20BrClN2O2. The summed E-state index contributed by atoms with van der Waals surface area (Å²) in [7, 11) is 0. The molecule has 0 radical (unpaired) electrons. The van der Waals surface area contributed by atoms with Gasteiger partial charge in [0.1, 0.15) is 0 Å². The van der Waals surface area contributed by atoms with Crippen LogP contribution in [0, 0.1) is 5.92 Å². The molecule has 112 valence electrons. The first kappa shape index (κ1) is 17.3. The molecule has 0 heterocycles. The summed E-state index contributed by atoms with van der Waals surface area (Å²) in [6.07, 6.45) is 0.623. The highest BCUT2D eigenvalue weighted by Crippen LogP contribution is 2.36. The molecule has 0 saturated heterocycles. The van der Waals surface area contributed by atoms with Gasteiger partial charge in [-0.2, -0.15) is 0 Å². The molecule has 3 N–H and O–H groups in total. The maximum absolute atomic E-state index is 12.1. The largest absolute Gasteiger partial charge is 0.491 e. The fourth-order valence-corrected chi connectivity index (χ4v) is 2.71. The highest BCUT2D eigenvalue weighted by atomic mass is 79.9. The molecule has 1 atom stereocenters. The monoisotopic (exact) mass is 362 g/mol. The minimum atomic E-state index is -0.553. The van der Waals surface area contributed by atoms with Gasteiger partial charge in [-0.05, 0) is 47.3 Å². The predicted octanol–water partition coefficient (Wildman–Crippen LogP) is 3.81. The molecular weight excluding hydrogens is 344 g/mol. The van der Waals surface area contributed by atoms with Crippen molar-refractivity contribution in [3.63, 3.8) is 0 Å². The SMILES string of the molecule is CCOc1c(Br)cc(Cl)cc1NC(=O)[C@@H](N)CC(C)C. The third kappa shape index (κ3) is 4.96. The molecule has 0 aliphatic heterocycles. The summed E-state index contributed by atoms with van der Waals surface area (Å²) in [6, 6.07) is 2.82. The number of hydrogen-bond donors (Lipinski definition) is 2. The molecule has 0 fully saturated rings. The molecule has 0 saturated carbocycles. The zero-order valence-corrected chi connectivity index (χ0v) is 14.2. The van der Waals surface area contributed by atoms with E-state index in [9.17, 15) is 4.79 Å². The Hall–Kier alpha value is -0.780. The van der Waals surface area contributed by atoms with Crippen LogP contribution in [-0.2, 0) is 4.79 Å². The van der Waals surface area contributed by atoms with Crippen LogP contribution in [0.1, 0.15) is 27.2 Å². The molecule has 1 amide bonds. The van der Waals surface area contributed by atoms with E-state index in [2.05, 4.69) is 21.2 Å². The number of carbonyl (C=O) groups is 1. The molecule has 1 rings (SSSR count). The highest BCUT2D eigenvalue weighted by Gasteiger charge is 2.18. The van der Waals surface area contributed by atoms with Crippen LogP contribution in [0.15, 0.2) is 16.6 Å². The van der Waals surface area contributed by atoms with Gasteiger partial charge in [0, 0.05) is 5.02 Å². The van der Waals surface area contributed by atoms with Crippen molar-refractivity contribution in [1.29, 1.82) is 0 Å². The van der Waals surface area contributed by atoms with Gasteiger partial charge < -0.3 is 15.8 Å². The minimum absolute atomic E-state index is 0.242. The lowest BCUT2D eigenvalue weighted by Gasteiger charge is -2.17. The molecule has 0 aliphatic carbocycles. The molecule has 0 spiro atoms. The van der Waals surface area contributed by atoms with Crippen LogP contribution >= 0.6 is 27.5 Å². The zero-order chi connectivity index (χ0) is 15.3. The van der Waals surface area contributed by atoms with E-state index >= 15 is 0 Å².